The lowest BCUT2D eigenvalue weighted by Crippen LogP contribution is -2.39. The number of hydrogen-bond acceptors (Lipinski definition) is 4. The SMILES string of the molecule is CCOc1ccccc1NC(=O)CC1CSCCN1.Cl. The van der Waals surface area contributed by atoms with Crippen molar-refractivity contribution in [2.75, 3.05) is 30.0 Å². The van der Waals surface area contributed by atoms with E-state index >= 15 is 0 Å². The van der Waals surface area contributed by atoms with Crippen LogP contribution in [-0.4, -0.2) is 36.6 Å². The molecule has 1 saturated heterocycles. The average Bonchev–Trinajstić information content (AvgIpc) is 2.42. The molecule has 0 aliphatic carbocycles. The second kappa shape index (κ2) is 9.10. The van der Waals surface area contributed by atoms with Gasteiger partial charge in [-0.25, -0.2) is 0 Å². The van der Waals surface area contributed by atoms with Crippen molar-refractivity contribution < 1.29 is 9.53 Å². The summed E-state index contributed by atoms with van der Waals surface area (Å²) in [6.07, 6.45) is 0.507. The minimum Gasteiger partial charge on any atom is -0.492 e. The second-order valence-corrected chi connectivity index (χ2v) is 5.56. The summed E-state index contributed by atoms with van der Waals surface area (Å²) < 4.78 is 5.49. The van der Waals surface area contributed by atoms with Crippen molar-refractivity contribution in [1.82, 2.24) is 5.32 Å². The van der Waals surface area contributed by atoms with Crippen LogP contribution in [0, 0.1) is 0 Å². The molecular weight excluding hydrogens is 296 g/mol. The van der Waals surface area contributed by atoms with Gasteiger partial charge in [0.15, 0.2) is 0 Å². The smallest absolute Gasteiger partial charge is 0.226 e. The molecule has 1 amide bonds. The molecule has 2 N–H and O–H groups in total. The predicted molar refractivity (Wildman–Crippen MR) is 87.2 cm³/mol. The Labute approximate surface area is 130 Å². The number of hydrogen-bond donors (Lipinski definition) is 2. The number of nitrogens with one attached hydrogen (secondary N) is 2. The van der Waals surface area contributed by atoms with E-state index in [9.17, 15) is 4.79 Å². The number of carbonyl (C=O) groups is 1. The van der Waals surface area contributed by atoms with Gasteiger partial charge in [0.25, 0.3) is 0 Å². The number of thioether (sulfide) groups is 1. The van der Waals surface area contributed by atoms with E-state index in [1.807, 2.05) is 43.0 Å². The number of rotatable bonds is 5. The average molecular weight is 317 g/mol. The molecule has 1 heterocycles. The summed E-state index contributed by atoms with van der Waals surface area (Å²) in [6, 6.07) is 7.81. The Bertz CT molecular complexity index is 425. The molecule has 1 fully saturated rings. The molecule has 6 heteroatoms. The monoisotopic (exact) mass is 316 g/mol. The maximum absolute atomic E-state index is 12.0. The molecule has 1 aliphatic rings. The second-order valence-electron chi connectivity index (χ2n) is 4.41. The number of ether oxygens (including phenoxy) is 1. The van der Waals surface area contributed by atoms with Gasteiger partial charge < -0.3 is 15.4 Å². The highest BCUT2D eigenvalue weighted by atomic mass is 35.5. The van der Waals surface area contributed by atoms with Crippen LogP contribution in [0.2, 0.25) is 0 Å². The topological polar surface area (TPSA) is 50.4 Å². The van der Waals surface area contributed by atoms with Crippen LogP contribution in [0.5, 0.6) is 5.75 Å². The molecule has 1 atom stereocenters. The first-order valence-electron chi connectivity index (χ1n) is 6.62. The van der Waals surface area contributed by atoms with Crippen molar-refractivity contribution in [3.63, 3.8) is 0 Å². The lowest BCUT2D eigenvalue weighted by molar-refractivity contribution is -0.116. The molecule has 1 aliphatic heterocycles. The standard InChI is InChI=1S/C14H20N2O2S.ClH/c1-2-18-13-6-4-3-5-12(13)16-14(17)9-11-10-19-8-7-15-11;/h3-6,11,15H,2,7-10H2,1H3,(H,16,17);1H. The Balaban J connectivity index is 0.00000200. The van der Waals surface area contributed by atoms with E-state index in [-0.39, 0.29) is 24.4 Å². The molecule has 4 nitrogen and oxygen atoms in total. The largest absolute Gasteiger partial charge is 0.492 e. The molecule has 2 rings (SSSR count). The number of benzene rings is 1. The van der Waals surface area contributed by atoms with Crippen molar-refractivity contribution in [3.05, 3.63) is 24.3 Å². The van der Waals surface area contributed by atoms with Crippen LogP contribution in [0.1, 0.15) is 13.3 Å². The third-order valence-corrected chi connectivity index (χ3v) is 4.02. The minimum absolute atomic E-state index is 0. The summed E-state index contributed by atoms with van der Waals surface area (Å²) in [5, 5.41) is 6.29. The van der Waals surface area contributed by atoms with Crippen LogP contribution in [0.15, 0.2) is 24.3 Å². The predicted octanol–water partition coefficient (Wildman–Crippen LogP) is 2.54. The molecule has 0 bridgehead atoms. The van der Waals surface area contributed by atoms with Gasteiger partial charge in [-0.15, -0.1) is 12.4 Å². The lowest BCUT2D eigenvalue weighted by Gasteiger charge is -2.22. The summed E-state index contributed by atoms with van der Waals surface area (Å²) in [6.45, 7) is 3.51. The first-order chi connectivity index (χ1) is 9.29. The van der Waals surface area contributed by atoms with Gasteiger partial charge in [-0.1, -0.05) is 12.1 Å². The van der Waals surface area contributed by atoms with Crippen LogP contribution in [-0.2, 0) is 4.79 Å². The molecule has 0 aromatic heterocycles. The zero-order valence-corrected chi connectivity index (χ0v) is 13.2. The normalized spacial score (nSPS) is 17.9. The van der Waals surface area contributed by atoms with Crippen molar-refractivity contribution >= 4 is 35.8 Å². The van der Waals surface area contributed by atoms with Crippen molar-refractivity contribution in [1.29, 1.82) is 0 Å². The van der Waals surface area contributed by atoms with E-state index in [1.165, 1.54) is 0 Å². The number of halogens is 1. The fraction of sp³-hybridized carbons (Fsp3) is 0.500. The van der Waals surface area contributed by atoms with E-state index in [0.717, 1.165) is 29.5 Å². The van der Waals surface area contributed by atoms with Gasteiger partial charge in [-0.05, 0) is 19.1 Å². The Morgan fingerprint density at radius 1 is 1.50 bits per heavy atom. The molecule has 1 unspecified atom stereocenters. The molecule has 1 aromatic rings. The number of amides is 1. The van der Waals surface area contributed by atoms with Crippen molar-refractivity contribution in [2.24, 2.45) is 0 Å². The Kier molecular flexibility index (Phi) is 7.80. The molecular formula is C14H21ClN2O2S. The first-order valence-corrected chi connectivity index (χ1v) is 7.78. The fourth-order valence-electron chi connectivity index (χ4n) is 2.03. The third kappa shape index (κ3) is 5.23. The fourth-order valence-corrected chi connectivity index (χ4v) is 2.98. The van der Waals surface area contributed by atoms with E-state index < -0.39 is 0 Å². The molecule has 0 radical (unpaired) electrons. The number of carbonyl (C=O) groups excluding carboxylic acids is 1. The quantitative estimate of drug-likeness (QED) is 0.876. The third-order valence-electron chi connectivity index (χ3n) is 2.89. The van der Waals surface area contributed by atoms with Gasteiger partial charge in [-0.2, -0.15) is 11.8 Å². The molecule has 1 aromatic carbocycles. The van der Waals surface area contributed by atoms with E-state index in [4.69, 9.17) is 4.74 Å². The summed E-state index contributed by atoms with van der Waals surface area (Å²) >= 11 is 1.90. The van der Waals surface area contributed by atoms with Crippen LogP contribution in [0.3, 0.4) is 0 Å². The summed E-state index contributed by atoms with van der Waals surface area (Å²) in [5.74, 6) is 2.89. The maximum Gasteiger partial charge on any atom is 0.226 e. The van der Waals surface area contributed by atoms with Gasteiger partial charge in [0.05, 0.1) is 12.3 Å². The Morgan fingerprint density at radius 2 is 2.30 bits per heavy atom. The molecule has 112 valence electrons. The highest BCUT2D eigenvalue weighted by Crippen LogP contribution is 2.24. The van der Waals surface area contributed by atoms with Crippen LogP contribution >= 0.6 is 24.2 Å². The van der Waals surface area contributed by atoms with E-state index in [1.54, 1.807) is 0 Å². The van der Waals surface area contributed by atoms with Crippen molar-refractivity contribution in [2.45, 2.75) is 19.4 Å². The van der Waals surface area contributed by atoms with E-state index in [2.05, 4.69) is 10.6 Å². The van der Waals surface area contributed by atoms with Gasteiger partial charge in [0, 0.05) is 30.5 Å². The highest BCUT2D eigenvalue weighted by molar-refractivity contribution is 7.99. The van der Waals surface area contributed by atoms with E-state index in [0.29, 0.717) is 13.0 Å². The molecule has 0 saturated carbocycles. The highest BCUT2D eigenvalue weighted by Gasteiger charge is 2.17. The Hall–Kier alpha value is -0.910. The van der Waals surface area contributed by atoms with Crippen LogP contribution < -0.4 is 15.4 Å². The summed E-state index contributed by atoms with van der Waals surface area (Å²) in [5.41, 5.74) is 0.748. The van der Waals surface area contributed by atoms with Crippen LogP contribution in [0.4, 0.5) is 5.69 Å². The minimum atomic E-state index is 0. The molecule has 20 heavy (non-hydrogen) atoms. The van der Waals surface area contributed by atoms with Gasteiger partial charge in [-0.3, -0.25) is 4.79 Å². The van der Waals surface area contributed by atoms with Crippen LogP contribution in [0.25, 0.3) is 0 Å². The maximum atomic E-state index is 12.0. The zero-order valence-electron chi connectivity index (χ0n) is 11.6. The van der Waals surface area contributed by atoms with Crippen molar-refractivity contribution in [3.8, 4) is 5.75 Å². The molecule has 0 spiro atoms. The summed E-state index contributed by atoms with van der Waals surface area (Å²) in [7, 11) is 0. The zero-order chi connectivity index (χ0) is 13.5. The number of anilines is 1. The first kappa shape index (κ1) is 17.1. The Morgan fingerprint density at radius 3 is 3.00 bits per heavy atom. The number of para-hydroxylation sites is 2. The lowest BCUT2D eigenvalue weighted by atomic mass is 10.2. The summed E-state index contributed by atoms with van der Waals surface area (Å²) in [4.78, 5) is 12.0. The van der Waals surface area contributed by atoms with Gasteiger partial charge in [0.2, 0.25) is 5.91 Å². The van der Waals surface area contributed by atoms with Gasteiger partial charge >= 0.3 is 0 Å². The van der Waals surface area contributed by atoms with Gasteiger partial charge in [0.1, 0.15) is 5.75 Å².